The summed E-state index contributed by atoms with van der Waals surface area (Å²) < 4.78 is 10.2. The third-order valence-electron chi connectivity index (χ3n) is 3.22. The minimum absolute atomic E-state index is 0.0961. The molecule has 1 rings (SSSR count). The molecule has 1 fully saturated rings. The Hall–Kier alpha value is -0.650. The first kappa shape index (κ1) is 15.4. The van der Waals surface area contributed by atoms with E-state index in [0.29, 0.717) is 32.4 Å². The number of carbonyl (C=O) groups is 1. The maximum atomic E-state index is 11.8. The molecule has 5 heteroatoms. The number of rotatable bonds is 9. The van der Waals surface area contributed by atoms with Crippen molar-refractivity contribution < 1.29 is 14.3 Å². The standard InChI is InChI=1S/C13H26N2O3/c1-11(14-7-8-18-10-9-17-2)13(16)15-12-5-3-4-6-12/h11-12,14H,3-10H2,1-2H3,(H,15,16). The molecule has 0 saturated heterocycles. The van der Waals surface area contributed by atoms with E-state index in [4.69, 9.17) is 9.47 Å². The second-order valence-electron chi connectivity index (χ2n) is 4.77. The van der Waals surface area contributed by atoms with Crippen molar-refractivity contribution in [3.8, 4) is 0 Å². The van der Waals surface area contributed by atoms with E-state index in [0.717, 1.165) is 12.8 Å². The van der Waals surface area contributed by atoms with Gasteiger partial charge in [-0.05, 0) is 19.8 Å². The molecule has 1 aliphatic carbocycles. The van der Waals surface area contributed by atoms with Gasteiger partial charge in [-0.15, -0.1) is 0 Å². The Morgan fingerprint density at radius 2 is 2.00 bits per heavy atom. The average molecular weight is 258 g/mol. The van der Waals surface area contributed by atoms with Crippen LogP contribution in [0.3, 0.4) is 0 Å². The summed E-state index contributed by atoms with van der Waals surface area (Å²) >= 11 is 0. The van der Waals surface area contributed by atoms with Crippen LogP contribution in [0.2, 0.25) is 0 Å². The maximum Gasteiger partial charge on any atom is 0.237 e. The summed E-state index contributed by atoms with van der Waals surface area (Å²) in [6.45, 7) is 4.38. The molecule has 0 aliphatic heterocycles. The third kappa shape index (κ3) is 6.33. The van der Waals surface area contributed by atoms with Crippen LogP contribution in [0.4, 0.5) is 0 Å². The Kier molecular flexibility index (Phi) is 7.96. The summed E-state index contributed by atoms with van der Waals surface area (Å²) in [5, 5.41) is 6.23. The van der Waals surface area contributed by atoms with Gasteiger partial charge in [-0.1, -0.05) is 12.8 Å². The van der Waals surface area contributed by atoms with Crippen molar-refractivity contribution >= 4 is 5.91 Å². The van der Waals surface area contributed by atoms with E-state index in [9.17, 15) is 4.79 Å². The van der Waals surface area contributed by atoms with E-state index in [1.165, 1.54) is 12.8 Å². The molecule has 0 aromatic heterocycles. The molecular formula is C13H26N2O3. The van der Waals surface area contributed by atoms with Crippen LogP contribution in [-0.4, -0.2) is 51.5 Å². The van der Waals surface area contributed by atoms with Gasteiger partial charge in [-0.2, -0.15) is 0 Å². The van der Waals surface area contributed by atoms with Gasteiger partial charge in [0.2, 0.25) is 5.91 Å². The largest absolute Gasteiger partial charge is 0.382 e. The Labute approximate surface area is 110 Å². The second kappa shape index (κ2) is 9.30. The highest BCUT2D eigenvalue weighted by Crippen LogP contribution is 2.17. The number of methoxy groups -OCH3 is 1. The molecule has 2 N–H and O–H groups in total. The summed E-state index contributed by atoms with van der Waals surface area (Å²) in [6, 6.07) is 0.233. The monoisotopic (exact) mass is 258 g/mol. The minimum atomic E-state index is -0.156. The summed E-state index contributed by atoms with van der Waals surface area (Å²) in [4.78, 5) is 11.8. The number of nitrogens with one attached hydrogen (secondary N) is 2. The first-order valence-electron chi connectivity index (χ1n) is 6.84. The molecule has 1 unspecified atom stereocenters. The minimum Gasteiger partial charge on any atom is -0.382 e. The number of amides is 1. The van der Waals surface area contributed by atoms with E-state index in [2.05, 4.69) is 10.6 Å². The van der Waals surface area contributed by atoms with Gasteiger partial charge in [0, 0.05) is 19.7 Å². The van der Waals surface area contributed by atoms with Crippen molar-refractivity contribution in [2.45, 2.75) is 44.7 Å². The fraction of sp³-hybridized carbons (Fsp3) is 0.923. The van der Waals surface area contributed by atoms with Crippen molar-refractivity contribution in [1.82, 2.24) is 10.6 Å². The first-order chi connectivity index (χ1) is 8.74. The van der Waals surface area contributed by atoms with Crippen LogP contribution in [0, 0.1) is 0 Å². The van der Waals surface area contributed by atoms with Crippen molar-refractivity contribution in [3.63, 3.8) is 0 Å². The van der Waals surface area contributed by atoms with Gasteiger partial charge in [0.1, 0.15) is 0 Å². The molecule has 0 spiro atoms. The quantitative estimate of drug-likeness (QED) is 0.597. The predicted octanol–water partition coefficient (Wildman–Crippen LogP) is 0.686. The Balaban J connectivity index is 2.00. The molecule has 0 aromatic carbocycles. The molecule has 5 nitrogen and oxygen atoms in total. The summed E-state index contributed by atoms with van der Waals surface area (Å²) in [6.07, 6.45) is 4.72. The van der Waals surface area contributed by atoms with Crippen LogP contribution < -0.4 is 10.6 Å². The van der Waals surface area contributed by atoms with Crippen molar-refractivity contribution in [1.29, 1.82) is 0 Å². The first-order valence-corrected chi connectivity index (χ1v) is 6.84. The van der Waals surface area contributed by atoms with Gasteiger partial charge < -0.3 is 20.1 Å². The molecule has 0 aromatic rings. The molecular weight excluding hydrogens is 232 g/mol. The van der Waals surface area contributed by atoms with Gasteiger partial charge in [-0.3, -0.25) is 4.79 Å². The third-order valence-corrected chi connectivity index (χ3v) is 3.22. The topological polar surface area (TPSA) is 59.6 Å². The van der Waals surface area contributed by atoms with E-state index in [1.807, 2.05) is 6.92 Å². The van der Waals surface area contributed by atoms with Crippen molar-refractivity contribution in [2.24, 2.45) is 0 Å². The normalized spacial score (nSPS) is 17.9. The maximum absolute atomic E-state index is 11.8. The molecule has 1 saturated carbocycles. The molecule has 1 amide bonds. The van der Waals surface area contributed by atoms with E-state index in [1.54, 1.807) is 7.11 Å². The lowest BCUT2D eigenvalue weighted by atomic mass is 10.2. The summed E-state index contributed by atoms with van der Waals surface area (Å²) in [7, 11) is 1.65. The SMILES string of the molecule is COCCOCCNC(C)C(=O)NC1CCCC1. The fourth-order valence-corrected chi connectivity index (χ4v) is 2.08. The Bertz CT molecular complexity index is 230. The Morgan fingerprint density at radius 3 is 2.67 bits per heavy atom. The highest BCUT2D eigenvalue weighted by Gasteiger charge is 2.19. The van der Waals surface area contributed by atoms with Crippen LogP contribution in [-0.2, 0) is 14.3 Å². The number of carbonyl (C=O) groups excluding carboxylic acids is 1. The molecule has 0 radical (unpaired) electrons. The zero-order valence-corrected chi connectivity index (χ0v) is 11.5. The van der Waals surface area contributed by atoms with Crippen LogP contribution in [0.25, 0.3) is 0 Å². The van der Waals surface area contributed by atoms with Gasteiger partial charge in [0.25, 0.3) is 0 Å². The second-order valence-corrected chi connectivity index (χ2v) is 4.77. The smallest absolute Gasteiger partial charge is 0.237 e. The zero-order chi connectivity index (χ0) is 13.2. The zero-order valence-electron chi connectivity index (χ0n) is 11.5. The van der Waals surface area contributed by atoms with E-state index >= 15 is 0 Å². The molecule has 1 aliphatic rings. The van der Waals surface area contributed by atoms with Gasteiger partial charge in [0.05, 0.1) is 25.9 Å². The van der Waals surface area contributed by atoms with Gasteiger partial charge >= 0.3 is 0 Å². The number of hydrogen-bond donors (Lipinski definition) is 2. The summed E-state index contributed by atoms with van der Waals surface area (Å²) in [5.41, 5.74) is 0. The highest BCUT2D eigenvalue weighted by molar-refractivity contribution is 5.81. The predicted molar refractivity (Wildman–Crippen MR) is 70.6 cm³/mol. The molecule has 106 valence electrons. The van der Waals surface area contributed by atoms with Crippen LogP contribution in [0.5, 0.6) is 0 Å². The molecule has 0 heterocycles. The molecule has 18 heavy (non-hydrogen) atoms. The van der Waals surface area contributed by atoms with Crippen molar-refractivity contribution in [3.05, 3.63) is 0 Å². The Morgan fingerprint density at radius 1 is 1.28 bits per heavy atom. The van der Waals surface area contributed by atoms with E-state index in [-0.39, 0.29) is 11.9 Å². The molecule has 1 atom stereocenters. The highest BCUT2D eigenvalue weighted by atomic mass is 16.5. The van der Waals surface area contributed by atoms with Crippen molar-refractivity contribution in [2.75, 3.05) is 33.5 Å². The van der Waals surface area contributed by atoms with Gasteiger partial charge in [-0.25, -0.2) is 0 Å². The number of ether oxygens (including phenoxy) is 2. The lowest BCUT2D eigenvalue weighted by Gasteiger charge is -2.17. The molecule has 0 bridgehead atoms. The number of hydrogen-bond acceptors (Lipinski definition) is 4. The van der Waals surface area contributed by atoms with E-state index < -0.39 is 0 Å². The summed E-state index contributed by atoms with van der Waals surface area (Å²) in [5.74, 6) is 0.0961. The average Bonchev–Trinajstić information content (AvgIpc) is 2.86. The van der Waals surface area contributed by atoms with Crippen LogP contribution >= 0.6 is 0 Å². The van der Waals surface area contributed by atoms with Crippen LogP contribution in [0.1, 0.15) is 32.6 Å². The fourth-order valence-electron chi connectivity index (χ4n) is 2.08. The van der Waals surface area contributed by atoms with Crippen LogP contribution in [0.15, 0.2) is 0 Å². The lowest BCUT2D eigenvalue weighted by molar-refractivity contribution is -0.123. The van der Waals surface area contributed by atoms with Gasteiger partial charge in [0.15, 0.2) is 0 Å². The lowest BCUT2D eigenvalue weighted by Crippen LogP contribution is -2.46.